The summed E-state index contributed by atoms with van der Waals surface area (Å²) in [6, 6.07) is 5.89. The quantitative estimate of drug-likeness (QED) is 0.646. The maximum absolute atomic E-state index is 11.2. The standard InChI is InChI=1S/C20H27BrO2/c1-5-20(22)13-19(10-8-14(9-11-19)18(2,3)4)23-17-7-6-15(21)12-16(17)20/h5-7,12,14,22H,1,8-11,13H2,2-4H3. The second-order valence-corrected chi connectivity index (χ2v) is 9.29. The molecule has 1 aliphatic heterocycles. The van der Waals surface area contributed by atoms with Crippen LogP contribution in [0.5, 0.6) is 5.75 Å². The van der Waals surface area contributed by atoms with Gasteiger partial charge in [-0.25, -0.2) is 0 Å². The van der Waals surface area contributed by atoms with Gasteiger partial charge in [0.2, 0.25) is 0 Å². The summed E-state index contributed by atoms with van der Waals surface area (Å²) in [5.74, 6) is 1.52. The van der Waals surface area contributed by atoms with Gasteiger partial charge in [-0.05, 0) is 55.2 Å². The van der Waals surface area contributed by atoms with Crippen LogP contribution in [0, 0.1) is 11.3 Å². The van der Waals surface area contributed by atoms with Gasteiger partial charge in [0.05, 0.1) is 0 Å². The van der Waals surface area contributed by atoms with Crippen LogP contribution in [0.3, 0.4) is 0 Å². The van der Waals surface area contributed by atoms with Gasteiger partial charge in [-0.2, -0.15) is 0 Å². The number of aliphatic hydroxyl groups is 1. The maximum atomic E-state index is 11.2. The zero-order valence-corrected chi connectivity index (χ0v) is 15.9. The first-order valence-electron chi connectivity index (χ1n) is 8.53. The van der Waals surface area contributed by atoms with Gasteiger partial charge in [0.1, 0.15) is 17.0 Å². The molecule has 0 saturated heterocycles. The number of hydrogen-bond donors (Lipinski definition) is 1. The first-order valence-corrected chi connectivity index (χ1v) is 9.32. The van der Waals surface area contributed by atoms with Crippen molar-refractivity contribution in [2.24, 2.45) is 11.3 Å². The molecule has 1 heterocycles. The summed E-state index contributed by atoms with van der Waals surface area (Å²) < 4.78 is 7.40. The lowest BCUT2D eigenvalue weighted by atomic mass is 9.65. The van der Waals surface area contributed by atoms with Crippen molar-refractivity contribution in [3.05, 3.63) is 40.9 Å². The molecule has 0 radical (unpaired) electrons. The number of halogens is 1. The molecule has 23 heavy (non-hydrogen) atoms. The third-order valence-corrected chi connectivity index (χ3v) is 6.28. The summed E-state index contributed by atoms with van der Waals surface area (Å²) in [6.07, 6.45) is 6.59. The highest BCUT2D eigenvalue weighted by molar-refractivity contribution is 9.10. The van der Waals surface area contributed by atoms with E-state index in [4.69, 9.17) is 4.74 Å². The van der Waals surface area contributed by atoms with Gasteiger partial charge in [-0.3, -0.25) is 0 Å². The van der Waals surface area contributed by atoms with Gasteiger partial charge >= 0.3 is 0 Å². The summed E-state index contributed by atoms with van der Waals surface area (Å²) in [4.78, 5) is 0. The summed E-state index contributed by atoms with van der Waals surface area (Å²) >= 11 is 3.49. The minimum absolute atomic E-state index is 0.258. The average molecular weight is 379 g/mol. The van der Waals surface area contributed by atoms with Gasteiger partial charge in [0, 0.05) is 16.5 Å². The van der Waals surface area contributed by atoms with E-state index in [0.29, 0.717) is 11.8 Å². The Morgan fingerprint density at radius 3 is 2.52 bits per heavy atom. The summed E-state index contributed by atoms with van der Waals surface area (Å²) in [7, 11) is 0. The zero-order valence-electron chi connectivity index (χ0n) is 14.4. The molecule has 1 aromatic rings. The number of fused-ring (bicyclic) bond motifs is 1. The van der Waals surface area contributed by atoms with Crippen LogP contribution in [0.4, 0.5) is 0 Å². The molecule has 0 amide bonds. The van der Waals surface area contributed by atoms with E-state index in [0.717, 1.165) is 47.4 Å². The third kappa shape index (κ3) is 3.10. The summed E-state index contributed by atoms with van der Waals surface area (Å²) in [5, 5.41) is 11.2. The number of benzene rings is 1. The summed E-state index contributed by atoms with van der Waals surface area (Å²) in [6.45, 7) is 10.9. The van der Waals surface area contributed by atoms with E-state index in [2.05, 4.69) is 43.3 Å². The first-order chi connectivity index (χ1) is 10.7. The van der Waals surface area contributed by atoms with Crippen LogP contribution in [-0.4, -0.2) is 10.7 Å². The van der Waals surface area contributed by atoms with Crippen molar-refractivity contribution in [3.63, 3.8) is 0 Å². The molecule has 126 valence electrons. The predicted molar refractivity (Wildman–Crippen MR) is 97.6 cm³/mol. The van der Waals surface area contributed by atoms with Gasteiger partial charge in [0.15, 0.2) is 0 Å². The third-order valence-electron chi connectivity index (χ3n) is 5.79. The van der Waals surface area contributed by atoms with Crippen LogP contribution in [0.2, 0.25) is 0 Å². The molecular weight excluding hydrogens is 352 g/mol. The molecule has 0 bridgehead atoms. The molecule has 1 atom stereocenters. The van der Waals surface area contributed by atoms with E-state index in [1.807, 2.05) is 18.2 Å². The van der Waals surface area contributed by atoms with Gasteiger partial charge in [0.25, 0.3) is 0 Å². The van der Waals surface area contributed by atoms with E-state index < -0.39 is 5.60 Å². The molecule has 1 aromatic carbocycles. The smallest absolute Gasteiger partial charge is 0.126 e. The highest BCUT2D eigenvalue weighted by Gasteiger charge is 2.49. The Labute approximate surface area is 148 Å². The molecule has 1 N–H and O–H groups in total. The van der Waals surface area contributed by atoms with E-state index in [-0.39, 0.29) is 5.60 Å². The Balaban J connectivity index is 1.90. The molecule has 1 spiro atoms. The number of ether oxygens (including phenoxy) is 1. The molecule has 2 aliphatic rings. The van der Waals surface area contributed by atoms with Gasteiger partial charge in [-0.1, -0.05) is 49.4 Å². The van der Waals surface area contributed by atoms with E-state index in [1.165, 1.54) is 0 Å². The Morgan fingerprint density at radius 2 is 1.96 bits per heavy atom. The SMILES string of the molecule is C=CC1(O)CC2(CCC(C(C)(C)C)CC2)Oc2ccc(Br)cc21. The Bertz CT molecular complexity index is 609. The average Bonchev–Trinajstić information content (AvgIpc) is 2.48. The molecule has 2 nitrogen and oxygen atoms in total. The molecule has 3 heteroatoms. The molecule has 1 aliphatic carbocycles. The van der Waals surface area contributed by atoms with Crippen molar-refractivity contribution in [3.8, 4) is 5.75 Å². The lowest BCUT2D eigenvalue weighted by Gasteiger charge is -2.50. The van der Waals surface area contributed by atoms with Crippen molar-refractivity contribution in [2.45, 2.75) is 64.1 Å². The molecule has 1 unspecified atom stereocenters. The fraction of sp³-hybridized carbons (Fsp3) is 0.600. The number of hydrogen-bond acceptors (Lipinski definition) is 2. The number of rotatable bonds is 1. The predicted octanol–water partition coefficient (Wildman–Crippen LogP) is 5.58. The highest BCUT2D eigenvalue weighted by atomic mass is 79.9. The molecular formula is C20H27BrO2. The van der Waals surface area contributed by atoms with Crippen LogP contribution >= 0.6 is 15.9 Å². The van der Waals surface area contributed by atoms with Crippen molar-refractivity contribution >= 4 is 15.9 Å². The monoisotopic (exact) mass is 378 g/mol. The fourth-order valence-corrected chi connectivity index (χ4v) is 4.62. The Morgan fingerprint density at radius 1 is 1.30 bits per heavy atom. The minimum Gasteiger partial charge on any atom is -0.487 e. The fourth-order valence-electron chi connectivity index (χ4n) is 4.26. The first kappa shape index (κ1) is 17.0. The van der Waals surface area contributed by atoms with Gasteiger partial charge in [-0.15, -0.1) is 0 Å². The Hall–Kier alpha value is -0.800. The van der Waals surface area contributed by atoms with E-state index in [9.17, 15) is 5.11 Å². The lowest BCUT2D eigenvalue weighted by molar-refractivity contribution is -0.0836. The zero-order chi connectivity index (χ0) is 16.9. The lowest BCUT2D eigenvalue weighted by Crippen LogP contribution is -2.50. The van der Waals surface area contributed by atoms with E-state index >= 15 is 0 Å². The van der Waals surface area contributed by atoms with Crippen molar-refractivity contribution < 1.29 is 9.84 Å². The Kier molecular flexibility index (Phi) is 4.17. The summed E-state index contributed by atoms with van der Waals surface area (Å²) in [5.41, 5.74) is -0.101. The van der Waals surface area contributed by atoms with Crippen molar-refractivity contribution in [1.82, 2.24) is 0 Å². The second-order valence-electron chi connectivity index (χ2n) is 8.37. The topological polar surface area (TPSA) is 29.5 Å². The molecule has 3 rings (SSSR count). The van der Waals surface area contributed by atoms with Crippen LogP contribution in [-0.2, 0) is 5.60 Å². The highest BCUT2D eigenvalue weighted by Crippen LogP contribution is 2.52. The molecule has 0 aromatic heterocycles. The minimum atomic E-state index is -1.01. The van der Waals surface area contributed by atoms with Crippen LogP contribution < -0.4 is 4.74 Å². The largest absolute Gasteiger partial charge is 0.487 e. The second kappa shape index (κ2) is 5.63. The van der Waals surface area contributed by atoms with Crippen LogP contribution in [0.1, 0.15) is 58.4 Å². The van der Waals surface area contributed by atoms with Gasteiger partial charge < -0.3 is 9.84 Å². The van der Waals surface area contributed by atoms with Crippen LogP contribution in [0.25, 0.3) is 0 Å². The van der Waals surface area contributed by atoms with Crippen molar-refractivity contribution in [2.75, 3.05) is 0 Å². The van der Waals surface area contributed by atoms with E-state index in [1.54, 1.807) is 6.08 Å². The molecule has 1 saturated carbocycles. The van der Waals surface area contributed by atoms with Crippen LogP contribution in [0.15, 0.2) is 35.3 Å². The maximum Gasteiger partial charge on any atom is 0.126 e. The normalized spacial score (nSPS) is 33.9. The van der Waals surface area contributed by atoms with Crippen molar-refractivity contribution in [1.29, 1.82) is 0 Å². The molecule has 1 fully saturated rings.